The van der Waals surface area contributed by atoms with Gasteiger partial charge in [0, 0.05) is 16.7 Å². The predicted molar refractivity (Wildman–Crippen MR) is 114 cm³/mol. The van der Waals surface area contributed by atoms with Crippen molar-refractivity contribution in [3.8, 4) is 5.75 Å². The van der Waals surface area contributed by atoms with Gasteiger partial charge in [-0.15, -0.1) is 0 Å². The first-order chi connectivity index (χ1) is 13.2. The molecule has 0 aliphatic heterocycles. The number of benzene rings is 2. The molecule has 28 heavy (non-hydrogen) atoms. The lowest BCUT2D eigenvalue weighted by atomic mass is 10.1. The molecule has 1 N–H and O–H groups in total. The second kappa shape index (κ2) is 9.54. The Balaban J connectivity index is 2.21. The van der Waals surface area contributed by atoms with Gasteiger partial charge in [-0.3, -0.25) is 4.79 Å². The van der Waals surface area contributed by atoms with Gasteiger partial charge in [-0.05, 0) is 60.9 Å². The summed E-state index contributed by atoms with van der Waals surface area (Å²) in [6.45, 7) is 5.54. The van der Waals surface area contributed by atoms with Gasteiger partial charge in [-0.2, -0.15) is 4.31 Å². The van der Waals surface area contributed by atoms with E-state index in [2.05, 4.69) is 21.2 Å². The van der Waals surface area contributed by atoms with Crippen LogP contribution in [0.4, 0.5) is 5.69 Å². The molecule has 0 aliphatic rings. The minimum atomic E-state index is -3.79. The fourth-order valence-electron chi connectivity index (χ4n) is 2.87. The van der Waals surface area contributed by atoms with Crippen LogP contribution in [0.25, 0.3) is 0 Å². The monoisotopic (exact) mass is 468 g/mol. The zero-order valence-electron chi connectivity index (χ0n) is 16.5. The van der Waals surface area contributed by atoms with Crippen molar-refractivity contribution in [2.45, 2.75) is 32.1 Å². The molecule has 0 unspecified atom stereocenters. The molecule has 0 spiro atoms. The quantitative estimate of drug-likeness (QED) is 0.635. The Morgan fingerprint density at radius 2 is 1.82 bits per heavy atom. The third-order valence-electron chi connectivity index (χ3n) is 4.40. The van der Waals surface area contributed by atoms with Crippen LogP contribution in [-0.2, 0) is 21.2 Å². The minimum absolute atomic E-state index is 0.122. The Morgan fingerprint density at radius 3 is 2.36 bits per heavy atom. The van der Waals surface area contributed by atoms with E-state index in [1.807, 2.05) is 26.0 Å². The summed E-state index contributed by atoms with van der Waals surface area (Å²) in [5, 5.41) is 2.88. The number of amides is 1. The number of anilines is 1. The maximum Gasteiger partial charge on any atom is 0.243 e. The highest BCUT2D eigenvalue weighted by atomic mass is 79.9. The third kappa shape index (κ3) is 5.12. The van der Waals surface area contributed by atoms with Crippen molar-refractivity contribution in [2.24, 2.45) is 0 Å². The van der Waals surface area contributed by atoms with Crippen LogP contribution in [0.2, 0.25) is 0 Å². The Labute approximate surface area is 175 Å². The Kier molecular flexibility index (Phi) is 7.63. The summed E-state index contributed by atoms with van der Waals surface area (Å²) in [5.74, 6) is 0.191. The predicted octanol–water partition coefficient (Wildman–Crippen LogP) is 3.98. The lowest BCUT2D eigenvalue weighted by molar-refractivity contribution is -0.116. The van der Waals surface area contributed by atoms with E-state index in [0.29, 0.717) is 5.75 Å². The van der Waals surface area contributed by atoms with E-state index in [-0.39, 0.29) is 23.9 Å². The van der Waals surface area contributed by atoms with Crippen LogP contribution in [0.3, 0.4) is 0 Å². The summed E-state index contributed by atoms with van der Waals surface area (Å²) in [5.41, 5.74) is 2.63. The smallest absolute Gasteiger partial charge is 0.243 e. The van der Waals surface area contributed by atoms with E-state index < -0.39 is 10.0 Å². The van der Waals surface area contributed by atoms with Gasteiger partial charge in [0.1, 0.15) is 5.75 Å². The molecule has 1 amide bonds. The fourth-order valence-corrected chi connectivity index (χ4v) is 4.90. The summed E-state index contributed by atoms with van der Waals surface area (Å²) < 4.78 is 32.9. The number of hydrogen-bond acceptors (Lipinski definition) is 4. The van der Waals surface area contributed by atoms with Crippen molar-refractivity contribution in [1.82, 2.24) is 4.31 Å². The molecule has 8 heteroatoms. The van der Waals surface area contributed by atoms with E-state index >= 15 is 0 Å². The Morgan fingerprint density at radius 1 is 1.18 bits per heavy atom. The van der Waals surface area contributed by atoms with Crippen LogP contribution in [0.1, 0.15) is 25.0 Å². The first-order valence-corrected chi connectivity index (χ1v) is 11.2. The average molecular weight is 469 g/mol. The molecule has 0 radical (unpaired) electrons. The number of carbonyl (C=O) groups is 1. The number of halogens is 1. The highest BCUT2D eigenvalue weighted by Gasteiger charge is 2.25. The zero-order chi connectivity index (χ0) is 20.9. The number of nitrogens with zero attached hydrogens (tertiary/aromatic N) is 1. The Bertz CT molecular complexity index is 943. The molecular weight excluding hydrogens is 444 g/mol. The van der Waals surface area contributed by atoms with Crippen LogP contribution < -0.4 is 10.1 Å². The number of sulfonamides is 1. The van der Waals surface area contributed by atoms with Crippen molar-refractivity contribution in [2.75, 3.05) is 25.5 Å². The van der Waals surface area contributed by atoms with Gasteiger partial charge >= 0.3 is 0 Å². The molecule has 0 heterocycles. The van der Waals surface area contributed by atoms with E-state index in [0.717, 1.165) is 32.0 Å². The minimum Gasteiger partial charge on any atom is -0.497 e. The van der Waals surface area contributed by atoms with Crippen molar-refractivity contribution < 1.29 is 17.9 Å². The fraction of sp³-hybridized carbons (Fsp3) is 0.350. The van der Waals surface area contributed by atoms with Gasteiger partial charge in [0.25, 0.3) is 0 Å². The molecule has 2 aromatic carbocycles. The molecule has 0 aliphatic carbocycles. The van der Waals surface area contributed by atoms with Crippen LogP contribution in [-0.4, -0.2) is 38.8 Å². The second-order valence-corrected chi connectivity index (χ2v) is 9.12. The number of likely N-dealkylation sites (N-methyl/N-ethyl adjacent to an activating group) is 1. The van der Waals surface area contributed by atoms with Gasteiger partial charge in [0.15, 0.2) is 0 Å². The second-order valence-electron chi connectivity index (χ2n) is 6.27. The zero-order valence-corrected chi connectivity index (χ0v) is 18.9. The highest BCUT2D eigenvalue weighted by Crippen LogP contribution is 2.26. The summed E-state index contributed by atoms with van der Waals surface area (Å²) in [6.07, 6.45) is 0.748. The first kappa shape index (κ1) is 22.4. The highest BCUT2D eigenvalue weighted by molar-refractivity contribution is 9.10. The molecule has 0 bridgehead atoms. The SMILES string of the molecule is CCc1cc(Br)cc(C)c1NC(=O)CN(CC)S(=O)(=O)c1ccc(OC)cc1. The van der Waals surface area contributed by atoms with Gasteiger partial charge in [0.2, 0.25) is 15.9 Å². The van der Waals surface area contributed by atoms with Crippen LogP contribution in [0.5, 0.6) is 5.75 Å². The molecule has 2 rings (SSSR count). The number of hydrogen-bond donors (Lipinski definition) is 1. The van der Waals surface area contributed by atoms with E-state index in [1.54, 1.807) is 19.1 Å². The number of methoxy groups -OCH3 is 1. The van der Waals surface area contributed by atoms with Gasteiger partial charge in [0.05, 0.1) is 18.6 Å². The van der Waals surface area contributed by atoms with Gasteiger partial charge in [-0.25, -0.2) is 8.42 Å². The van der Waals surface area contributed by atoms with Gasteiger partial charge in [-0.1, -0.05) is 29.8 Å². The number of carbonyl (C=O) groups excluding carboxylic acids is 1. The van der Waals surface area contributed by atoms with Crippen LogP contribution in [0, 0.1) is 6.92 Å². The third-order valence-corrected chi connectivity index (χ3v) is 6.79. The normalized spacial score (nSPS) is 11.5. The maximum absolute atomic E-state index is 12.9. The number of ether oxygens (including phenoxy) is 1. The van der Waals surface area contributed by atoms with Crippen LogP contribution >= 0.6 is 15.9 Å². The van der Waals surface area contributed by atoms with E-state index in [4.69, 9.17) is 4.74 Å². The van der Waals surface area contributed by atoms with Crippen LogP contribution in [0.15, 0.2) is 45.8 Å². The van der Waals surface area contributed by atoms with E-state index in [1.165, 1.54) is 19.2 Å². The molecule has 0 atom stereocenters. The van der Waals surface area contributed by atoms with Crippen molar-refractivity contribution in [3.05, 3.63) is 52.0 Å². The standard InChI is InChI=1S/C20H25BrN2O4S/c1-5-15-12-16(21)11-14(3)20(15)22-19(24)13-23(6-2)28(25,26)18-9-7-17(27-4)8-10-18/h7-12H,5-6,13H2,1-4H3,(H,22,24). The first-order valence-electron chi connectivity index (χ1n) is 8.96. The van der Waals surface area contributed by atoms with E-state index in [9.17, 15) is 13.2 Å². The topological polar surface area (TPSA) is 75.7 Å². The largest absolute Gasteiger partial charge is 0.497 e. The lowest BCUT2D eigenvalue weighted by Gasteiger charge is -2.21. The maximum atomic E-state index is 12.9. The molecule has 152 valence electrons. The number of rotatable bonds is 8. The van der Waals surface area contributed by atoms with Crippen molar-refractivity contribution >= 4 is 37.5 Å². The van der Waals surface area contributed by atoms with Crippen molar-refractivity contribution in [1.29, 1.82) is 0 Å². The molecule has 0 saturated carbocycles. The van der Waals surface area contributed by atoms with Crippen molar-refractivity contribution in [3.63, 3.8) is 0 Å². The summed E-state index contributed by atoms with van der Waals surface area (Å²) >= 11 is 3.46. The summed E-state index contributed by atoms with van der Waals surface area (Å²) in [7, 11) is -2.27. The molecular formula is C20H25BrN2O4S. The molecule has 6 nitrogen and oxygen atoms in total. The molecule has 2 aromatic rings. The molecule has 0 saturated heterocycles. The Hall–Kier alpha value is -1.90. The summed E-state index contributed by atoms with van der Waals surface area (Å²) in [4.78, 5) is 12.7. The van der Waals surface area contributed by atoms with Gasteiger partial charge < -0.3 is 10.1 Å². The number of aryl methyl sites for hydroxylation is 2. The lowest BCUT2D eigenvalue weighted by Crippen LogP contribution is -2.38. The molecule has 0 fully saturated rings. The summed E-state index contributed by atoms with van der Waals surface area (Å²) in [6, 6.07) is 9.99. The molecule has 0 aromatic heterocycles. The average Bonchev–Trinajstić information content (AvgIpc) is 2.67. The number of nitrogens with one attached hydrogen (secondary N) is 1.